The average molecular weight is 206 g/mol. The highest BCUT2D eigenvalue weighted by Gasteiger charge is 2.51. The molecule has 0 unspecified atom stereocenters. The summed E-state index contributed by atoms with van der Waals surface area (Å²) in [5, 5.41) is 17.8. The third-order valence-corrected chi connectivity index (χ3v) is 3.07. The van der Waals surface area contributed by atoms with Crippen LogP contribution in [0.2, 0.25) is 0 Å². The Hall–Kier alpha value is -1.35. The van der Waals surface area contributed by atoms with E-state index >= 15 is 0 Å². The van der Waals surface area contributed by atoms with Crippen LogP contribution in [0.4, 0.5) is 0 Å². The number of hydrogen-bond acceptors (Lipinski definition) is 2. The smallest absolute Gasteiger partial charge is 0.314 e. The number of rotatable bonds is 4. The first kappa shape index (κ1) is 10.2. The number of hydrogen-bond donors (Lipinski definition) is 2. The third kappa shape index (κ3) is 1.75. The fourth-order valence-electron chi connectivity index (χ4n) is 1.87. The lowest BCUT2D eigenvalue weighted by Crippen LogP contribution is -2.19. The number of carboxylic acids is 1. The molecule has 2 N–H and O–H groups in total. The Kier molecular flexibility index (Phi) is 2.49. The summed E-state index contributed by atoms with van der Waals surface area (Å²) in [7, 11) is 0. The van der Waals surface area contributed by atoms with Crippen LogP contribution in [0, 0.1) is 0 Å². The first-order valence-electron chi connectivity index (χ1n) is 5.13. The second-order valence-corrected chi connectivity index (χ2v) is 4.06. The molecule has 1 aliphatic rings. The highest BCUT2D eigenvalue weighted by molar-refractivity contribution is 5.84. The van der Waals surface area contributed by atoms with Crippen molar-refractivity contribution in [2.75, 3.05) is 6.61 Å². The zero-order valence-corrected chi connectivity index (χ0v) is 8.44. The number of carboxylic acid groups (broad SMARTS) is 1. The maximum atomic E-state index is 11.1. The zero-order chi connectivity index (χ0) is 10.9. The van der Waals surface area contributed by atoms with Crippen LogP contribution in [-0.4, -0.2) is 22.8 Å². The molecule has 15 heavy (non-hydrogen) atoms. The molecule has 3 nitrogen and oxygen atoms in total. The van der Waals surface area contributed by atoms with E-state index in [4.69, 9.17) is 10.2 Å². The molecule has 2 rings (SSSR count). The van der Waals surface area contributed by atoms with Gasteiger partial charge in [0, 0.05) is 6.61 Å². The molecule has 0 heterocycles. The van der Waals surface area contributed by atoms with Gasteiger partial charge in [-0.2, -0.15) is 0 Å². The summed E-state index contributed by atoms with van der Waals surface area (Å²) in [4.78, 5) is 11.1. The van der Waals surface area contributed by atoms with Gasteiger partial charge in [-0.05, 0) is 30.4 Å². The molecule has 0 saturated heterocycles. The lowest BCUT2D eigenvalue weighted by molar-refractivity contribution is -0.140. The van der Waals surface area contributed by atoms with Gasteiger partial charge in [0.15, 0.2) is 0 Å². The number of aliphatic hydroxyl groups is 1. The van der Waals surface area contributed by atoms with Crippen molar-refractivity contribution >= 4 is 5.97 Å². The van der Waals surface area contributed by atoms with Crippen molar-refractivity contribution in [3.05, 3.63) is 35.4 Å². The Balaban J connectivity index is 2.20. The van der Waals surface area contributed by atoms with Gasteiger partial charge in [-0.1, -0.05) is 24.3 Å². The Bertz CT molecular complexity index is 363. The van der Waals surface area contributed by atoms with E-state index in [-0.39, 0.29) is 6.61 Å². The molecule has 0 atom stereocenters. The normalized spacial score (nSPS) is 17.4. The number of carbonyl (C=O) groups is 1. The van der Waals surface area contributed by atoms with Gasteiger partial charge in [0.2, 0.25) is 0 Å². The number of aliphatic hydroxyl groups excluding tert-OH is 1. The van der Waals surface area contributed by atoms with Crippen molar-refractivity contribution in [1.29, 1.82) is 0 Å². The van der Waals surface area contributed by atoms with E-state index in [1.54, 1.807) is 0 Å². The van der Waals surface area contributed by atoms with Crippen molar-refractivity contribution in [3.8, 4) is 0 Å². The molecule has 0 amide bonds. The molecule has 1 aromatic rings. The van der Waals surface area contributed by atoms with Crippen LogP contribution in [0.15, 0.2) is 24.3 Å². The first-order chi connectivity index (χ1) is 7.19. The molecule has 0 spiro atoms. The van der Waals surface area contributed by atoms with E-state index in [1.165, 1.54) is 0 Å². The summed E-state index contributed by atoms with van der Waals surface area (Å²) in [5.41, 5.74) is 1.32. The van der Waals surface area contributed by atoms with Gasteiger partial charge in [-0.25, -0.2) is 0 Å². The van der Waals surface area contributed by atoms with Crippen LogP contribution in [0.25, 0.3) is 0 Å². The quantitative estimate of drug-likeness (QED) is 0.781. The molecule has 1 aliphatic carbocycles. The summed E-state index contributed by atoms with van der Waals surface area (Å²) in [6.07, 6.45) is 2.10. The van der Waals surface area contributed by atoms with Gasteiger partial charge in [-0.15, -0.1) is 0 Å². The van der Waals surface area contributed by atoms with E-state index in [2.05, 4.69) is 0 Å². The highest BCUT2D eigenvalue weighted by atomic mass is 16.4. The second-order valence-electron chi connectivity index (χ2n) is 4.06. The summed E-state index contributed by atoms with van der Waals surface area (Å²) < 4.78 is 0. The van der Waals surface area contributed by atoms with Crippen LogP contribution in [0.3, 0.4) is 0 Å². The van der Waals surface area contributed by atoms with Crippen LogP contribution in [0.5, 0.6) is 0 Å². The predicted molar refractivity (Wildman–Crippen MR) is 55.8 cm³/mol. The third-order valence-electron chi connectivity index (χ3n) is 3.07. The molecule has 3 heteroatoms. The largest absolute Gasteiger partial charge is 0.481 e. The Labute approximate surface area is 88.4 Å². The summed E-state index contributed by atoms with van der Waals surface area (Å²) in [6.45, 7) is 0.128. The summed E-state index contributed by atoms with van der Waals surface area (Å²) >= 11 is 0. The topological polar surface area (TPSA) is 57.5 Å². The van der Waals surface area contributed by atoms with Crippen molar-refractivity contribution < 1.29 is 15.0 Å². The van der Waals surface area contributed by atoms with E-state index in [9.17, 15) is 4.79 Å². The highest BCUT2D eigenvalue weighted by Crippen LogP contribution is 2.48. The molecule has 1 aromatic carbocycles. The van der Waals surface area contributed by atoms with Crippen molar-refractivity contribution in [2.45, 2.75) is 24.7 Å². The Morgan fingerprint density at radius 1 is 1.27 bits per heavy atom. The monoisotopic (exact) mass is 206 g/mol. The minimum absolute atomic E-state index is 0.128. The van der Waals surface area contributed by atoms with Crippen molar-refractivity contribution in [3.63, 3.8) is 0 Å². The van der Waals surface area contributed by atoms with E-state index in [0.717, 1.165) is 24.0 Å². The van der Waals surface area contributed by atoms with E-state index < -0.39 is 11.4 Å². The van der Waals surface area contributed by atoms with Gasteiger partial charge in [-0.3, -0.25) is 4.79 Å². The van der Waals surface area contributed by atoms with E-state index in [0.29, 0.717) is 6.42 Å². The molecule has 1 saturated carbocycles. The van der Waals surface area contributed by atoms with Gasteiger partial charge in [0.25, 0.3) is 0 Å². The Morgan fingerprint density at radius 3 is 2.27 bits per heavy atom. The van der Waals surface area contributed by atoms with Gasteiger partial charge in [0.1, 0.15) is 0 Å². The SMILES string of the molecule is O=C(O)C1(c2ccc(CCO)cc2)CC1. The van der Waals surface area contributed by atoms with Crippen molar-refractivity contribution in [2.24, 2.45) is 0 Å². The first-order valence-corrected chi connectivity index (χ1v) is 5.13. The molecular weight excluding hydrogens is 192 g/mol. The van der Waals surface area contributed by atoms with Gasteiger partial charge < -0.3 is 10.2 Å². The minimum atomic E-state index is -0.725. The van der Waals surface area contributed by atoms with Crippen LogP contribution < -0.4 is 0 Å². The molecule has 0 bridgehead atoms. The lowest BCUT2D eigenvalue weighted by Gasteiger charge is -2.10. The van der Waals surface area contributed by atoms with E-state index in [1.807, 2.05) is 24.3 Å². The van der Waals surface area contributed by atoms with Crippen LogP contribution in [-0.2, 0) is 16.6 Å². The standard InChI is InChI=1S/C12H14O3/c13-8-5-9-1-3-10(4-2-9)12(6-7-12)11(14)15/h1-4,13H,5-8H2,(H,14,15). The van der Waals surface area contributed by atoms with Crippen molar-refractivity contribution in [1.82, 2.24) is 0 Å². The Morgan fingerprint density at radius 2 is 1.87 bits per heavy atom. The molecule has 80 valence electrons. The molecule has 0 radical (unpaired) electrons. The fraction of sp³-hybridized carbons (Fsp3) is 0.417. The van der Waals surface area contributed by atoms with Gasteiger partial charge in [0.05, 0.1) is 5.41 Å². The maximum Gasteiger partial charge on any atom is 0.314 e. The number of benzene rings is 1. The predicted octanol–water partition coefficient (Wildman–Crippen LogP) is 1.34. The lowest BCUT2D eigenvalue weighted by atomic mass is 9.95. The molecule has 0 aromatic heterocycles. The summed E-state index contributed by atoms with van der Waals surface area (Å²) in [6, 6.07) is 7.53. The summed E-state index contributed by atoms with van der Waals surface area (Å²) in [5.74, 6) is -0.725. The maximum absolute atomic E-state index is 11.1. The average Bonchev–Trinajstić information content (AvgIpc) is 3.00. The van der Waals surface area contributed by atoms with Crippen LogP contribution in [0.1, 0.15) is 24.0 Å². The van der Waals surface area contributed by atoms with Crippen LogP contribution >= 0.6 is 0 Å². The fourth-order valence-corrected chi connectivity index (χ4v) is 1.87. The minimum Gasteiger partial charge on any atom is -0.481 e. The molecule has 0 aliphatic heterocycles. The second kappa shape index (κ2) is 3.66. The zero-order valence-electron chi connectivity index (χ0n) is 8.44. The number of aliphatic carboxylic acids is 1. The molecular formula is C12H14O3. The van der Waals surface area contributed by atoms with Gasteiger partial charge >= 0.3 is 5.97 Å². The molecule has 1 fully saturated rings.